The summed E-state index contributed by atoms with van der Waals surface area (Å²) in [4.78, 5) is 28.4. The summed E-state index contributed by atoms with van der Waals surface area (Å²) in [6.45, 7) is 2.19. The Morgan fingerprint density at radius 3 is 2.73 bits per heavy atom. The number of hydrogen-bond acceptors (Lipinski definition) is 4. The number of fused-ring (bicyclic) bond motifs is 1. The van der Waals surface area contributed by atoms with Gasteiger partial charge in [0.05, 0.1) is 11.1 Å². The van der Waals surface area contributed by atoms with E-state index in [-0.39, 0.29) is 35.6 Å². The van der Waals surface area contributed by atoms with Crippen LogP contribution in [0.4, 0.5) is 0 Å². The summed E-state index contributed by atoms with van der Waals surface area (Å²) in [5, 5.41) is 22.3. The summed E-state index contributed by atoms with van der Waals surface area (Å²) in [6, 6.07) is 0.551. The molecule has 3 saturated heterocycles. The molecule has 3 heterocycles. The minimum absolute atomic E-state index is 0.0575. The zero-order valence-corrected chi connectivity index (χ0v) is 15.4. The molecule has 26 heavy (non-hydrogen) atoms. The fourth-order valence-corrected chi connectivity index (χ4v) is 9.42. The molecule has 2 N–H and O–H groups in total. The number of aliphatic hydroxyl groups is 1. The molecule has 4 aliphatic carbocycles. The molecule has 7 aliphatic rings. The molecule has 142 valence electrons. The number of Topliss-reactive ketones (excluding diaryl/α,β-unsaturated/α-hetero) is 1. The van der Waals surface area contributed by atoms with Gasteiger partial charge in [-0.05, 0) is 63.2 Å². The highest BCUT2D eigenvalue weighted by atomic mass is 16.4. The number of carboxylic acids is 1. The standard InChI is InChI=1S/C21H29NO4/c1-10-6-7-14-15-8-11-9-20(14,26)21(22(10)15)16(11)12-4-2-3-5-13(12)18(23)17(21)19(24)25/h10-17,26H,2-9H2,1H3,(H,24,25)/t10-,11?,12+,13+,14+,15+,16-,17?,20+,21+/m0/s1. The van der Waals surface area contributed by atoms with E-state index in [0.717, 1.165) is 51.4 Å². The first kappa shape index (κ1) is 16.1. The van der Waals surface area contributed by atoms with E-state index in [9.17, 15) is 19.8 Å². The van der Waals surface area contributed by atoms with E-state index in [2.05, 4.69) is 11.8 Å². The Hall–Kier alpha value is -0.940. The van der Waals surface area contributed by atoms with Crippen molar-refractivity contribution >= 4 is 11.8 Å². The Morgan fingerprint density at radius 1 is 1.19 bits per heavy atom. The number of ketones is 1. The van der Waals surface area contributed by atoms with Crippen molar-refractivity contribution < 1.29 is 19.8 Å². The van der Waals surface area contributed by atoms with E-state index >= 15 is 0 Å². The first-order valence-electron chi connectivity index (χ1n) is 10.7. The Balaban J connectivity index is 1.63. The molecule has 4 saturated carbocycles. The van der Waals surface area contributed by atoms with Gasteiger partial charge in [0.15, 0.2) is 5.78 Å². The van der Waals surface area contributed by atoms with Gasteiger partial charge < -0.3 is 10.2 Å². The normalized spacial score (nSPS) is 62.1. The number of carboxylic acid groups (broad SMARTS) is 1. The predicted octanol–water partition coefficient (Wildman–Crippen LogP) is 2.07. The quantitative estimate of drug-likeness (QED) is 0.701. The fraction of sp³-hybridized carbons (Fsp3) is 0.905. The van der Waals surface area contributed by atoms with Gasteiger partial charge >= 0.3 is 5.97 Å². The van der Waals surface area contributed by atoms with Crippen LogP contribution in [0.2, 0.25) is 0 Å². The Labute approximate surface area is 154 Å². The third-order valence-corrected chi connectivity index (χ3v) is 9.68. The minimum atomic E-state index is -1.03. The second kappa shape index (κ2) is 4.72. The third kappa shape index (κ3) is 1.41. The van der Waals surface area contributed by atoms with E-state index in [1.165, 1.54) is 0 Å². The molecule has 0 aromatic carbocycles. The summed E-state index contributed by atoms with van der Waals surface area (Å²) in [7, 11) is 0. The van der Waals surface area contributed by atoms with Crippen molar-refractivity contribution in [3.63, 3.8) is 0 Å². The monoisotopic (exact) mass is 359 g/mol. The average molecular weight is 359 g/mol. The zero-order valence-electron chi connectivity index (χ0n) is 15.4. The first-order chi connectivity index (χ1) is 12.4. The lowest BCUT2D eigenvalue weighted by Crippen LogP contribution is -2.74. The van der Waals surface area contributed by atoms with E-state index in [1.807, 2.05) is 0 Å². The van der Waals surface area contributed by atoms with Crippen molar-refractivity contribution in [1.29, 1.82) is 0 Å². The number of carbonyl (C=O) groups excluding carboxylic acids is 1. The lowest BCUT2D eigenvalue weighted by atomic mass is 9.51. The maximum Gasteiger partial charge on any atom is 0.316 e. The van der Waals surface area contributed by atoms with Crippen molar-refractivity contribution in [1.82, 2.24) is 4.90 Å². The molecule has 3 unspecified atom stereocenters. The molecular weight excluding hydrogens is 330 g/mol. The molecule has 7 rings (SSSR count). The van der Waals surface area contributed by atoms with Crippen molar-refractivity contribution in [3.8, 4) is 0 Å². The first-order valence-corrected chi connectivity index (χ1v) is 10.7. The third-order valence-electron chi connectivity index (χ3n) is 9.68. The van der Waals surface area contributed by atoms with E-state index < -0.39 is 23.0 Å². The van der Waals surface area contributed by atoms with Crippen molar-refractivity contribution in [3.05, 3.63) is 0 Å². The zero-order chi connectivity index (χ0) is 18.0. The Bertz CT molecular complexity index is 708. The summed E-state index contributed by atoms with van der Waals surface area (Å²) in [6.07, 6.45) is 7.90. The SMILES string of the molecule is C[C@H]1CC[C@@H]2[C@H]3CC4C[C@]2(O)[C@@]2(C(C(=O)O)C(=O)[C@@H]5CCCC[C@H]5[C@H]42)N31. The van der Waals surface area contributed by atoms with Crippen LogP contribution in [0.3, 0.4) is 0 Å². The van der Waals surface area contributed by atoms with Crippen LogP contribution >= 0.6 is 0 Å². The summed E-state index contributed by atoms with van der Waals surface area (Å²) < 4.78 is 0. The number of piperidine rings is 2. The number of aliphatic carboxylic acids is 1. The predicted molar refractivity (Wildman–Crippen MR) is 93.3 cm³/mol. The van der Waals surface area contributed by atoms with Gasteiger partial charge in [0.1, 0.15) is 5.92 Å². The fourth-order valence-electron chi connectivity index (χ4n) is 9.42. The van der Waals surface area contributed by atoms with Crippen LogP contribution in [0, 0.1) is 35.5 Å². The molecule has 3 aliphatic heterocycles. The molecular formula is C21H29NO4. The van der Waals surface area contributed by atoms with Crippen LogP contribution in [0.1, 0.15) is 58.3 Å². The Morgan fingerprint density at radius 2 is 1.96 bits per heavy atom. The summed E-state index contributed by atoms with van der Waals surface area (Å²) in [5.41, 5.74) is -1.81. The van der Waals surface area contributed by atoms with Crippen LogP contribution < -0.4 is 0 Å². The molecule has 5 heteroatoms. The molecule has 5 nitrogen and oxygen atoms in total. The van der Waals surface area contributed by atoms with E-state index in [0.29, 0.717) is 11.8 Å². The molecule has 6 bridgehead atoms. The maximum absolute atomic E-state index is 13.5. The van der Waals surface area contributed by atoms with Gasteiger partial charge in [-0.3, -0.25) is 14.5 Å². The highest BCUT2D eigenvalue weighted by molar-refractivity contribution is 6.02. The van der Waals surface area contributed by atoms with Crippen LogP contribution in [-0.2, 0) is 9.59 Å². The molecule has 0 aromatic rings. The van der Waals surface area contributed by atoms with Crippen molar-refractivity contribution in [2.45, 2.75) is 81.5 Å². The van der Waals surface area contributed by atoms with E-state index in [1.54, 1.807) is 0 Å². The number of rotatable bonds is 1. The highest BCUT2D eigenvalue weighted by Gasteiger charge is 2.85. The number of carbonyl (C=O) groups is 2. The van der Waals surface area contributed by atoms with Gasteiger partial charge in [-0.1, -0.05) is 12.8 Å². The van der Waals surface area contributed by atoms with Crippen molar-refractivity contribution in [2.75, 3.05) is 0 Å². The van der Waals surface area contributed by atoms with Crippen molar-refractivity contribution in [2.24, 2.45) is 35.5 Å². The highest BCUT2D eigenvalue weighted by Crippen LogP contribution is 2.75. The largest absolute Gasteiger partial charge is 0.481 e. The van der Waals surface area contributed by atoms with Crippen LogP contribution in [0.25, 0.3) is 0 Å². The van der Waals surface area contributed by atoms with Crippen LogP contribution in [0.5, 0.6) is 0 Å². The maximum atomic E-state index is 13.5. The van der Waals surface area contributed by atoms with Crippen LogP contribution in [-0.4, -0.2) is 50.1 Å². The smallest absolute Gasteiger partial charge is 0.316 e. The average Bonchev–Trinajstić information content (AvgIpc) is 2.82. The van der Waals surface area contributed by atoms with Gasteiger partial charge in [-0.15, -0.1) is 0 Å². The van der Waals surface area contributed by atoms with Crippen LogP contribution in [0.15, 0.2) is 0 Å². The summed E-state index contributed by atoms with van der Waals surface area (Å²) in [5.74, 6) is -1.11. The molecule has 0 amide bonds. The molecule has 0 aromatic heterocycles. The van der Waals surface area contributed by atoms with Gasteiger partial charge in [-0.2, -0.15) is 0 Å². The van der Waals surface area contributed by atoms with Gasteiger partial charge in [-0.25, -0.2) is 0 Å². The molecule has 1 spiro atoms. The molecule has 11 atom stereocenters. The second-order valence-electron chi connectivity index (χ2n) is 10.2. The van der Waals surface area contributed by atoms with E-state index in [4.69, 9.17) is 0 Å². The van der Waals surface area contributed by atoms with Gasteiger partial charge in [0, 0.05) is 23.9 Å². The topological polar surface area (TPSA) is 77.8 Å². The number of nitrogens with zero attached hydrogens (tertiary/aromatic N) is 1. The summed E-state index contributed by atoms with van der Waals surface area (Å²) >= 11 is 0. The molecule has 0 radical (unpaired) electrons. The van der Waals surface area contributed by atoms with Gasteiger partial charge in [0.25, 0.3) is 0 Å². The number of hydrogen-bond donors (Lipinski definition) is 2. The second-order valence-corrected chi connectivity index (χ2v) is 10.2. The molecule has 7 fully saturated rings. The minimum Gasteiger partial charge on any atom is -0.481 e. The Kier molecular flexibility index (Phi) is 2.91. The lowest BCUT2D eigenvalue weighted by molar-refractivity contribution is -0.191. The van der Waals surface area contributed by atoms with Gasteiger partial charge in [0.2, 0.25) is 0 Å². The lowest BCUT2D eigenvalue weighted by Gasteiger charge is -2.61.